The summed E-state index contributed by atoms with van der Waals surface area (Å²) in [6.07, 6.45) is 0.794. The van der Waals surface area contributed by atoms with E-state index in [0.717, 1.165) is 6.42 Å². The van der Waals surface area contributed by atoms with Crippen molar-refractivity contribution in [2.24, 2.45) is 0 Å². The molecular formula is C9H21N2O4Si. The number of hydrogen-bond donors (Lipinski definition) is 1. The van der Waals surface area contributed by atoms with Gasteiger partial charge in [0.15, 0.2) is 0 Å². The molecular weight excluding hydrogens is 228 g/mol. The second kappa shape index (κ2) is 7.61. The summed E-state index contributed by atoms with van der Waals surface area (Å²) in [4.78, 5) is 11.8. The molecule has 1 radical (unpaired) electrons. The Morgan fingerprint density at radius 1 is 1.31 bits per heavy atom. The van der Waals surface area contributed by atoms with E-state index < -0.39 is 8.97 Å². The molecule has 95 valence electrons. The summed E-state index contributed by atoms with van der Waals surface area (Å²) in [6.45, 7) is 5.78. The highest BCUT2D eigenvalue weighted by Crippen LogP contribution is 2.14. The molecule has 0 saturated heterocycles. The first kappa shape index (κ1) is 15.4. The van der Waals surface area contributed by atoms with E-state index in [1.807, 2.05) is 6.92 Å². The Morgan fingerprint density at radius 3 is 2.12 bits per heavy atom. The summed E-state index contributed by atoms with van der Waals surface area (Å²) < 4.78 is 17.3. The van der Waals surface area contributed by atoms with E-state index in [4.69, 9.17) is 13.3 Å². The van der Waals surface area contributed by atoms with E-state index in [1.54, 1.807) is 13.5 Å². The van der Waals surface area contributed by atoms with E-state index in [2.05, 4.69) is 5.32 Å². The molecule has 0 aliphatic heterocycles. The van der Waals surface area contributed by atoms with Crippen LogP contribution in [0.4, 0.5) is 4.79 Å². The molecule has 7 heteroatoms. The number of amides is 2. The molecule has 0 aliphatic carbocycles. The highest BCUT2D eigenvalue weighted by atomic mass is 28.4. The summed E-state index contributed by atoms with van der Waals surface area (Å²) >= 11 is 0. The smallest absolute Gasteiger partial charge is 0.360 e. The average Bonchev–Trinajstić information content (AvgIpc) is 2.31. The summed E-state index contributed by atoms with van der Waals surface area (Å²) in [5, 5.41) is 2.60. The molecule has 0 spiro atoms. The fourth-order valence-electron chi connectivity index (χ4n) is 1.37. The second-order valence-corrected chi connectivity index (χ2v) is 5.84. The minimum atomic E-state index is -3.07. The third kappa shape index (κ3) is 3.44. The largest absolute Gasteiger partial charge is 0.636 e. The lowest BCUT2D eigenvalue weighted by Crippen LogP contribution is -2.63. The Labute approximate surface area is 98.3 Å². The van der Waals surface area contributed by atoms with Crippen molar-refractivity contribution in [2.75, 3.05) is 27.9 Å². The van der Waals surface area contributed by atoms with Gasteiger partial charge in [0, 0.05) is 34.4 Å². The van der Waals surface area contributed by atoms with E-state index in [1.165, 1.54) is 25.9 Å². The monoisotopic (exact) mass is 249 g/mol. The Bertz CT molecular complexity index is 203. The maximum absolute atomic E-state index is 11.8. The number of rotatable bonds is 7. The van der Waals surface area contributed by atoms with Gasteiger partial charge in [-0.2, -0.15) is 0 Å². The predicted molar refractivity (Wildman–Crippen MR) is 62.3 cm³/mol. The molecule has 0 fully saturated rings. The second-order valence-electron chi connectivity index (χ2n) is 3.03. The third-order valence-corrected chi connectivity index (χ3v) is 4.70. The van der Waals surface area contributed by atoms with Gasteiger partial charge in [-0.1, -0.05) is 6.92 Å². The highest BCUT2D eigenvalue weighted by Gasteiger charge is 2.49. The third-order valence-electron chi connectivity index (χ3n) is 2.06. The van der Waals surface area contributed by atoms with Crippen molar-refractivity contribution in [1.82, 2.24) is 9.88 Å². The molecule has 0 aromatic heterocycles. The number of carbonyl (C=O) groups is 1. The molecule has 16 heavy (non-hydrogen) atoms. The van der Waals surface area contributed by atoms with Crippen LogP contribution in [0, 0.1) is 6.54 Å². The molecule has 0 saturated carbocycles. The van der Waals surface area contributed by atoms with Crippen molar-refractivity contribution in [2.45, 2.75) is 20.3 Å². The Hall–Kier alpha value is -0.633. The van der Waals surface area contributed by atoms with Crippen molar-refractivity contribution >= 4 is 15.0 Å². The zero-order valence-corrected chi connectivity index (χ0v) is 11.6. The van der Waals surface area contributed by atoms with Gasteiger partial charge in [-0.15, -0.1) is 0 Å². The maximum Gasteiger partial charge on any atom is 0.636 e. The van der Waals surface area contributed by atoms with Crippen LogP contribution in [0.1, 0.15) is 20.3 Å². The topological polar surface area (TPSA) is 60.0 Å². The zero-order valence-electron chi connectivity index (χ0n) is 10.6. The van der Waals surface area contributed by atoms with Gasteiger partial charge >= 0.3 is 15.0 Å². The maximum atomic E-state index is 11.8. The summed E-state index contributed by atoms with van der Waals surface area (Å²) in [5.74, 6) is 0. The molecule has 0 rings (SSSR count). The highest BCUT2D eigenvalue weighted by molar-refractivity contribution is 6.60. The number of nitrogens with zero attached hydrogens (tertiary/aromatic N) is 1. The van der Waals surface area contributed by atoms with Crippen LogP contribution in [0.3, 0.4) is 0 Å². The average molecular weight is 249 g/mol. The molecule has 0 aromatic rings. The molecule has 1 N–H and O–H groups in total. The van der Waals surface area contributed by atoms with E-state index >= 15 is 0 Å². The van der Waals surface area contributed by atoms with Crippen LogP contribution >= 0.6 is 0 Å². The van der Waals surface area contributed by atoms with Gasteiger partial charge in [0.2, 0.25) is 0 Å². The number of nitrogens with one attached hydrogen (secondary N) is 1. The van der Waals surface area contributed by atoms with Gasteiger partial charge in [-0.3, -0.25) is 4.57 Å². The summed E-state index contributed by atoms with van der Waals surface area (Å²) in [6, 6.07) is -0.276. The first-order chi connectivity index (χ1) is 7.61. The first-order valence-corrected chi connectivity index (χ1v) is 6.80. The standard InChI is InChI=1S/C9H21N2O4Si/c1-6-8-11(9(12)10-7-2)16(13-3,14-4)15-5/h7H,6,8H2,1-5H3,(H,10,12). The fraction of sp³-hybridized carbons (Fsp3) is 0.778. The van der Waals surface area contributed by atoms with Gasteiger partial charge in [0.05, 0.1) is 0 Å². The van der Waals surface area contributed by atoms with E-state index in [0.29, 0.717) is 6.54 Å². The minimum absolute atomic E-state index is 0.276. The van der Waals surface area contributed by atoms with Crippen molar-refractivity contribution in [3.63, 3.8) is 0 Å². The lowest BCUT2D eigenvalue weighted by molar-refractivity contribution is 0.0686. The fourth-order valence-corrected chi connectivity index (χ4v) is 3.34. The summed E-state index contributed by atoms with van der Waals surface area (Å²) in [5.41, 5.74) is 0. The van der Waals surface area contributed by atoms with Crippen molar-refractivity contribution in [1.29, 1.82) is 0 Å². The SMILES string of the molecule is C[CH]NC(=O)N(CCC)[Si](OC)(OC)OC. The quantitative estimate of drug-likeness (QED) is 0.683. The Morgan fingerprint density at radius 2 is 1.81 bits per heavy atom. The molecule has 0 heterocycles. The summed E-state index contributed by atoms with van der Waals surface area (Å²) in [7, 11) is 1.36. The molecule has 6 nitrogen and oxygen atoms in total. The van der Waals surface area contributed by atoms with E-state index in [-0.39, 0.29) is 6.03 Å². The lowest BCUT2D eigenvalue weighted by Gasteiger charge is -2.34. The van der Waals surface area contributed by atoms with Crippen LogP contribution in [0.5, 0.6) is 0 Å². The van der Waals surface area contributed by atoms with Gasteiger partial charge in [-0.05, 0) is 13.3 Å². The van der Waals surface area contributed by atoms with Crippen LogP contribution < -0.4 is 5.32 Å². The molecule has 0 aromatic carbocycles. The van der Waals surface area contributed by atoms with Crippen molar-refractivity contribution in [3.05, 3.63) is 6.54 Å². The number of carbonyl (C=O) groups excluding carboxylic acids is 1. The van der Waals surface area contributed by atoms with Crippen LogP contribution in [-0.2, 0) is 13.3 Å². The van der Waals surface area contributed by atoms with Gasteiger partial charge in [0.1, 0.15) is 0 Å². The first-order valence-electron chi connectivity index (χ1n) is 5.13. The molecule has 2 amide bonds. The van der Waals surface area contributed by atoms with Crippen LogP contribution in [-0.4, -0.2) is 47.4 Å². The van der Waals surface area contributed by atoms with Crippen LogP contribution in [0.2, 0.25) is 0 Å². The normalized spacial score (nSPS) is 11.3. The van der Waals surface area contributed by atoms with Gasteiger partial charge in [0.25, 0.3) is 0 Å². The van der Waals surface area contributed by atoms with Crippen molar-refractivity contribution in [3.8, 4) is 0 Å². The molecule has 0 atom stereocenters. The van der Waals surface area contributed by atoms with Crippen LogP contribution in [0.25, 0.3) is 0 Å². The number of urea groups is 1. The molecule has 0 unspecified atom stereocenters. The predicted octanol–water partition coefficient (Wildman–Crippen LogP) is 0.964. The van der Waals surface area contributed by atoms with Gasteiger partial charge in [-0.25, -0.2) is 4.79 Å². The lowest BCUT2D eigenvalue weighted by atomic mass is 10.5. The minimum Gasteiger partial charge on any atom is -0.360 e. The molecule has 0 bridgehead atoms. The van der Waals surface area contributed by atoms with Crippen molar-refractivity contribution < 1.29 is 18.1 Å². The molecule has 0 aliphatic rings. The van der Waals surface area contributed by atoms with E-state index in [9.17, 15) is 4.79 Å². The Kier molecular flexibility index (Phi) is 7.31. The zero-order chi connectivity index (χ0) is 12.6. The number of hydrogen-bond acceptors (Lipinski definition) is 4. The Balaban J connectivity index is 4.90. The van der Waals surface area contributed by atoms with Crippen LogP contribution in [0.15, 0.2) is 0 Å². The van der Waals surface area contributed by atoms with Gasteiger partial charge < -0.3 is 18.6 Å².